The van der Waals surface area contributed by atoms with E-state index >= 15 is 0 Å². The van der Waals surface area contributed by atoms with Crippen LogP contribution in [-0.4, -0.2) is 50.3 Å². The molecule has 2 rings (SSSR count). The molecule has 0 aromatic heterocycles. The summed E-state index contributed by atoms with van der Waals surface area (Å²) in [6, 6.07) is 0. The molecule has 14 heavy (non-hydrogen) atoms. The summed E-state index contributed by atoms with van der Waals surface area (Å²) in [6.45, 7) is 5.96. The quantitative estimate of drug-likeness (QED) is 0.644. The first kappa shape index (κ1) is 9.97. The molecular weight excluding hydrogens is 176 g/mol. The Hall–Kier alpha value is -0.560. The normalized spacial score (nSPS) is 22.9. The van der Waals surface area contributed by atoms with Gasteiger partial charge < -0.3 is 10.1 Å². The maximum absolute atomic E-state index is 5.49. The Balaban J connectivity index is 1.52. The second-order valence-corrected chi connectivity index (χ2v) is 3.93. The van der Waals surface area contributed by atoms with Gasteiger partial charge in [-0.15, -0.1) is 0 Å². The maximum atomic E-state index is 5.49. The molecule has 3 nitrogen and oxygen atoms in total. The van der Waals surface area contributed by atoms with Gasteiger partial charge in [0.05, 0.1) is 12.6 Å². The van der Waals surface area contributed by atoms with E-state index in [2.05, 4.69) is 22.1 Å². The van der Waals surface area contributed by atoms with Crippen LogP contribution in [0.1, 0.15) is 12.8 Å². The van der Waals surface area contributed by atoms with E-state index in [0.29, 0.717) is 12.7 Å². The molecule has 3 heteroatoms. The van der Waals surface area contributed by atoms with Gasteiger partial charge in [-0.3, -0.25) is 4.90 Å². The van der Waals surface area contributed by atoms with Gasteiger partial charge in [-0.2, -0.15) is 0 Å². The van der Waals surface area contributed by atoms with Crippen LogP contribution < -0.4 is 5.32 Å². The number of nitrogens with zero attached hydrogens (tertiary/aromatic N) is 1. The van der Waals surface area contributed by atoms with Gasteiger partial charge in [0.15, 0.2) is 0 Å². The monoisotopic (exact) mass is 194 g/mol. The largest absolute Gasteiger partial charge is 0.363 e. The number of hydrogen-bond acceptors (Lipinski definition) is 3. The van der Waals surface area contributed by atoms with Crippen molar-refractivity contribution in [2.75, 3.05) is 39.3 Å². The van der Waals surface area contributed by atoms with Crippen molar-refractivity contribution in [3.63, 3.8) is 0 Å². The van der Waals surface area contributed by atoms with Gasteiger partial charge in [0.2, 0.25) is 0 Å². The predicted molar refractivity (Wildman–Crippen MR) is 56.1 cm³/mol. The Morgan fingerprint density at radius 1 is 1.21 bits per heavy atom. The third kappa shape index (κ3) is 2.98. The van der Waals surface area contributed by atoms with E-state index in [-0.39, 0.29) is 0 Å². The predicted octanol–water partition coefficient (Wildman–Crippen LogP) is 0.0740. The average Bonchev–Trinajstić information content (AvgIpc) is 2.60. The van der Waals surface area contributed by atoms with Gasteiger partial charge in [-0.1, -0.05) is 11.8 Å². The molecule has 2 aliphatic rings. The fourth-order valence-corrected chi connectivity index (χ4v) is 1.70. The number of likely N-dealkylation sites (tertiary alicyclic amines) is 1. The summed E-state index contributed by atoms with van der Waals surface area (Å²) in [5.74, 6) is 6.23. The minimum Gasteiger partial charge on any atom is -0.363 e. The molecule has 78 valence electrons. The molecule has 2 heterocycles. The summed E-state index contributed by atoms with van der Waals surface area (Å²) in [5, 5.41) is 3.17. The van der Waals surface area contributed by atoms with Crippen molar-refractivity contribution in [3.8, 4) is 11.8 Å². The molecule has 0 spiro atoms. The second kappa shape index (κ2) is 5.35. The van der Waals surface area contributed by atoms with Gasteiger partial charge in [-0.25, -0.2) is 0 Å². The number of ether oxygens (including phenoxy) is 1. The first-order chi connectivity index (χ1) is 6.95. The van der Waals surface area contributed by atoms with Gasteiger partial charge in [-0.05, 0) is 25.9 Å². The molecule has 0 unspecified atom stereocenters. The van der Waals surface area contributed by atoms with Crippen molar-refractivity contribution in [3.05, 3.63) is 0 Å². The Bertz CT molecular complexity index is 221. The summed E-state index contributed by atoms with van der Waals surface area (Å²) in [5.41, 5.74) is 0. The van der Waals surface area contributed by atoms with Crippen LogP contribution in [0.3, 0.4) is 0 Å². The smallest absolute Gasteiger partial charge is 0.108 e. The molecule has 0 aromatic rings. The van der Waals surface area contributed by atoms with Gasteiger partial charge in [0.1, 0.15) is 6.61 Å². The third-order valence-corrected chi connectivity index (χ3v) is 2.76. The minimum atomic E-state index is 0.413. The van der Waals surface area contributed by atoms with Crippen LogP contribution in [0, 0.1) is 11.8 Å². The molecule has 0 aromatic carbocycles. The van der Waals surface area contributed by atoms with Gasteiger partial charge in [0, 0.05) is 13.1 Å². The summed E-state index contributed by atoms with van der Waals surface area (Å²) >= 11 is 0. The fraction of sp³-hybridized carbons (Fsp3) is 0.818. The summed E-state index contributed by atoms with van der Waals surface area (Å²) in [4.78, 5) is 2.40. The molecule has 2 aliphatic heterocycles. The van der Waals surface area contributed by atoms with Crippen LogP contribution in [0.2, 0.25) is 0 Å². The maximum Gasteiger partial charge on any atom is 0.108 e. The molecule has 0 amide bonds. The average molecular weight is 194 g/mol. The van der Waals surface area contributed by atoms with Crippen molar-refractivity contribution in [1.29, 1.82) is 0 Å². The lowest BCUT2D eigenvalue weighted by Crippen LogP contribution is -2.48. The Kier molecular flexibility index (Phi) is 3.81. The van der Waals surface area contributed by atoms with E-state index in [9.17, 15) is 0 Å². The highest BCUT2D eigenvalue weighted by molar-refractivity contribution is 5.02. The Morgan fingerprint density at radius 3 is 2.64 bits per heavy atom. The molecule has 0 bridgehead atoms. The highest BCUT2D eigenvalue weighted by Gasteiger charge is 2.15. The van der Waals surface area contributed by atoms with Gasteiger partial charge in [0.25, 0.3) is 0 Å². The Labute approximate surface area is 85.8 Å². The van der Waals surface area contributed by atoms with Crippen molar-refractivity contribution < 1.29 is 4.74 Å². The van der Waals surface area contributed by atoms with Crippen LogP contribution in [0.25, 0.3) is 0 Å². The zero-order valence-corrected chi connectivity index (χ0v) is 8.59. The SMILES string of the molecule is C(#CCN1CCCC1)COC1CNC1. The van der Waals surface area contributed by atoms with Crippen LogP contribution in [0.5, 0.6) is 0 Å². The molecule has 0 saturated carbocycles. The van der Waals surface area contributed by atoms with Crippen LogP contribution >= 0.6 is 0 Å². The second-order valence-electron chi connectivity index (χ2n) is 3.93. The Morgan fingerprint density at radius 2 is 2.00 bits per heavy atom. The molecule has 0 radical (unpaired) electrons. The first-order valence-corrected chi connectivity index (χ1v) is 5.45. The van der Waals surface area contributed by atoms with E-state index in [0.717, 1.165) is 19.6 Å². The summed E-state index contributed by atoms with van der Waals surface area (Å²) in [6.07, 6.45) is 3.09. The summed E-state index contributed by atoms with van der Waals surface area (Å²) in [7, 11) is 0. The van der Waals surface area contributed by atoms with Crippen molar-refractivity contribution in [2.45, 2.75) is 18.9 Å². The van der Waals surface area contributed by atoms with Crippen molar-refractivity contribution in [1.82, 2.24) is 10.2 Å². The molecule has 1 N–H and O–H groups in total. The third-order valence-electron chi connectivity index (χ3n) is 2.76. The molecule has 2 saturated heterocycles. The number of rotatable bonds is 3. The van der Waals surface area contributed by atoms with E-state index in [1.54, 1.807) is 0 Å². The lowest BCUT2D eigenvalue weighted by Gasteiger charge is -2.25. The van der Waals surface area contributed by atoms with E-state index in [1.165, 1.54) is 25.9 Å². The zero-order chi connectivity index (χ0) is 9.64. The molecule has 0 atom stereocenters. The van der Waals surface area contributed by atoms with Gasteiger partial charge >= 0.3 is 0 Å². The molecular formula is C11H18N2O. The lowest BCUT2D eigenvalue weighted by molar-refractivity contribution is 0.0394. The van der Waals surface area contributed by atoms with Crippen LogP contribution in [0.15, 0.2) is 0 Å². The highest BCUT2D eigenvalue weighted by Crippen LogP contribution is 2.05. The van der Waals surface area contributed by atoms with E-state index in [1.807, 2.05) is 0 Å². The van der Waals surface area contributed by atoms with Crippen molar-refractivity contribution in [2.24, 2.45) is 0 Å². The molecule has 2 fully saturated rings. The number of hydrogen-bond donors (Lipinski definition) is 1. The van der Waals surface area contributed by atoms with Crippen LogP contribution in [-0.2, 0) is 4.74 Å². The fourth-order valence-electron chi connectivity index (χ4n) is 1.70. The first-order valence-electron chi connectivity index (χ1n) is 5.45. The highest BCUT2D eigenvalue weighted by atomic mass is 16.5. The van der Waals surface area contributed by atoms with Crippen LogP contribution in [0.4, 0.5) is 0 Å². The zero-order valence-electron chi connectivity index (χ0n) is 8.59. The topological polar surface area (TPSA) is 24.5 Å². The standard InChI is InChI=1S/C11H18N2O/c1-2-6-13(5-1)7-3-4-8-14-11-9-12-10-11/h11-12H,1-2,5-10H2. The minimum absolute atomic E-state index is 0.413. The number of nitrogens with one attached hydrogen (secondary N) is 1. The molecule has 0 aliphatic carbocycles. The summed E-state index contributed by atoms with van der Waals surface area (Å²) < 4.78 is 5.49. The van der Waals surface area contributed by atoms with E-state index < -0.39 is 0 Å². The van der Waals surface area contributed by atoms with Crippen molar-refractivity contribution >= 4 is 0 Å². The lowest BCUT2D eigenvalue weighted by atomic mass is 10.2. The van der Waals surface area contributed by atoms with E-state index in [4.69, 9.17) is 4.74 Å².